The molecule has 6 nitrogen and oxygen atoms in total. The molecule has 0 spiro atoms. The summed E-state index contributed by atoms with van der Waals surface area (Å²) in [5, 5.41) is 0. The van der Waals surface area contributed by atoms with E-state index in [9.17, 15) is 9.59 Å². The quantitative estimate of drug-likeness (QED) is 0.426. The Labute approximate surface area is 102 Å². The molecule has 0 heterocycles. The molecule has 0 aromatic heterocycles. The van der Waals surface area contributed by atoms with Gasteiger partial charge in [0.1, 0.15) is 6.42 Å². The highest BCUT2D eigenvalue weighted by Gasteiger charge is 2.17. The number of amides is 1. The third-order valence-corrected chi connectivity index (χ3v) is 2.08. The van der Waals surface area contributed by atoms with Crippen LogP contribution in [0.2, 0.25) is 0 Å². The molecular formula is C11H21NO5. The van der Waals surface area contributed by atoms with Crippen LogP contribution in [-0.2, 0) is 23.8 Å². The van der Waals surface area contributed by atoms with Gasteiger partial charge in [0.15, 0.2) is 0 Å². The molecule has 0 bridgehead atoms. The maximum atomic E-state index is 11.8. The average molecular weight is 247 g/mol. The summed E-state index contributed by atoms with van der Waals surface area (Å²) in [6, 6.07) is 0. The molecular weight excluding hydrogens is 226 g/mol. The lowest BCUT2D eigenvalue weighted by Gasteiger charge is -2.21. The summed E-state index contributed by atoms with van der Waals surface area (Å²) < 4.78 is 14.5. The van der Waals surface area contributed by atoms with Crippen LogP contribution in [0.4, 0.5) is 0 Å². The number of ether oxygens (including phenoxy) is 3. The molecule has 0 rings (SSSR count). The molecule has 0 fully saturated rings. The lowest BCUT2D eigenvalue weighted by molar-refractivity contribution is -0.149. The van der Waals surface area contributed by atoms with Crippen LogP contribution < -0.4 is 0 Å². The van der Waals surface area contributed by atoms with Gasteiger partial charge < -0.3 is 19.1 Å². The van der Waals surface area contributed by atoms with Crippen molar-refractivity contribution in [3.8, 4) is 0 Å². The average Bonchev–Trinajstić information content (AvgIpc) is 2.29. The summed E-state index contributed by atoms with van der Waals surface area (Å²) in [4.78, 5) is 24.5. The van der Waals surface area contributed by atoms with Gasteiger partial charge in [0.25, 0.3) is 0 Å². The van der Waals surface area contributed by atoms with Gasteiger partial charge in [-0.1, -0.05) is 0 Å². The fourth-order valence-electron chi connectivity index (χ4n) is 1.21. The molecule has 0 saturated heterocycles. The van der Waals surface area contributed by atoms with Crippen LogP contribution in [0, 0.1) is 0 Å². The van der Waals surface area contributed by atoms with Crippen molar-refractivity contribution in [2.75, 3.05) is 47.1 Å². The Hall–Kier alpha value is -1.14. The number of methoxy groups -OCH3 is 2. The Morgan fingerprint density at radius 1 is 1.06 bits per heavy atom. The number of carbonyl (C=O) groups is 2. The first-order valence-electron chi connectivity index (χ1n) is 5.57. The van der Waals surface area contributed by atoms with Gasteiger partial charge in [-0.3, -0.25) is 9.59 Å². The predicted octanol–water partition coefficient (Wildman–Crippen LogP) is 0.0610. The maximum absolute atomic E-state index is 11.8. The number of nitrogens with zero attached hydrogens (tertiary/aromatic N) is 1. The van der Waals surface area contributed by atoms with Gasteiger partial charge in [0.05, 0.1) is 19.8 Å². The summed E-state index contributed by atoms with van der Waals surface area (Å²) >= 11 is 0. The Bertz CT molecular complexity index is 224. The standard InChI is InChI=1S/C11H21NO5/c1-4-17-11(14)9-10(13)12(5-7-15-2)6-8-16-3/h4-9H2,1-3H3. The second-order valence-corrected chi connectivity index (χ2v) is 3.35. The highest BCUT2D eigenvalue weighted by Crippen LogP contribution is 1.97. The van der Waals surface area contributed by atoms with Crippen LogP contribution in [-0.4, -0.2) is 63.9 Å². The number of hydrogen-bond acceptors (Lipinski definition) is 5. The second kappa shape index (κ2) is 10.0. The first-order valence-corrected chi connectivity index (χ1v) is 5.57. The van der Waals surface area contributed by atoms with Gasteiger partial charge in [-0.05, 0) is 6.92 Å². The molecule has 0 N–H and O–H groups in total. The summed E-state index contributed by atoms with van der Waals surface area (Å²) in [5.41, 5.74) is 0. The van der Waals surface area contributed by atoms with Gasteiger partial charge in [-0.25, -0.2) is 0 Å². The number of hydrogen-bond donors (Lipinski definition) is 0. The second-order valence-electron chi connectivity index (χ2n) is 3.35. The molecule has 0 saturated carbocycles. The van der Waals surface area contributed by atoms with Crippen LogP contribution in [0.1, 0.15) is 13.3 Å². The fraction of sp³-hybridized carbons (Fsp3) is 0.818. The molecule has 0 aliphatic heterocycles. The summed E-state index contributed by atoms with van der Waals surface area (Å²) in [6.45, 7) is 3.73. The largest absolute Gasteiger partial charge is 0.466 e. The fourth-order valence-corrected chi connectivity index (χ4v) is 1.21. The number of rotatable bonds is 9. The molecule has 1 amide bonds. The van der Waals surface area contributed by atoms with Gasteiger partial charge >= 0.3 is 5.97 Å². The zero-order valence-corrected chi connectivity index (χ0v) is 10.7. The van der Waals surface area contributed by atoms with Crippen LogP contribution in [0.25, 0.3) is 0 Å². The van der Waals surface area contributed by atoms with Gasteiger partial charge in [-0.2, -0.15) is 0 Å². The minimum absolute atomic E-state index is 0.235. The Morgan fingerprint density at radius 2 is 1.59 bits per heavy atom. The molecule has 0 aliphatic rings. The van der Waals surface area contributed by atoms with Gasteiger partial charge in [-0.15, -0.1) is 0 Å². The van der Waals surface area contributed by atoms with E-state index in [0.717, 1.165) is 0 Å². The highest BCUT2D eigenvalue weighted by atomic mass is 16.5. The third kappa shape index (κ3) is 7.70. The van der Waals surface area contributed by atoms with E-state index in [4.69, 9.17) is 14.2 Å². The highest BCUT2D eigenvalue weighted by molar-refractivity contribution is 5.94. The van der Waals surface area contributed by atoms with Crippen molar-refractivity contribution in [1.82, 2.24) is 4.90 Å². The first-order chi connectivity index (χ1) is 8.15. The molecule has 0 radical (unpaired) electrons. The molecule has 17 heavy (non-hydrogen) atoms. The van der Waals surface area contributed by atoms with E-state index >= 15 is 0 Å². The summed E-state index contributed by atoms with van der Waals surface area (Å²) in [5.74, 6) is -0.769. The topological polar surface area (TPSA) is 65.1 Å². The van der Waals surface area contributed by atoms with E-state index < -0.39 is 5.97 Å². The van der Waals surface area contributed by atoms with Crippen molar-refractivity contribution in [3.05, 3.63) is 0 Å². The van der Waals surface area contributed by atoms with E-state index in [1.54, 1.807) is 21.1 Å². The van der Waals surface area contributed by atoms with Crippen LogP contribution in [0.15, 0.2) is 0 Å². The number of esters is 1. The summed E-state index contributed by atoms with van der Waals surface area (Å²) in [6.07, 6.45) is -0.235. The van der Waals surface area contributed by atoms with E-state index in [1.807, 2.05) is 0 Å². The van der Waals surface area contributed by atoms with Crippen LogP contribution >= 0.6 is 0 Å². The van der Waals surface area contributed by atoms with E-state index in [1.165, 1.54) is 4.90 Å². The molecule has 100 valence electrons. The zero-order valence-electron chi connectivity index (χ0n) is 10.7. The molecule has 6 heteroatoms. The SMILES string of the molecule is CCOC(=O)CC(=O)N(CCOC)CCOC. The minimum Gasteiger partial charge on any atom is -0.466 e. The Balaban J connectivity index is 4.15. The lowest BCUT2D eigenvalue weighted by Crippen LogP contribution is -2.37. The van der Waals surface area contributed by atoms with Gasteiger partial charge in [0, 0.05) is 27.3 Å². The first kappa shape index (κ1) is 15.9. The van der Waals surface area contributed by atoms with Crippen LogP contribution in [0.3, 0.4) is 0 Å². The molecule has 0 aliphatic carbocycles. The van der Waals surface area contributed by atoms with Crippen molar-refractivity contribution in [3.63, 3.8) is 0 Å². The molecule has 0 atom stereocenters. The van der Waals surface area contributed by atoms with Gasteiger partial charge in [0.2, 0.25) is 5.91 Å². The van der Waals surface area contributed by atoms with Crippen molar-refractivity contribution < 1.29 is 23.8 Å². The monoisotopic (exact) mass is 247 g/mol. The zero-order chi connectivity index (χ0) is 13.1. The molecule has 0 aromatic rings. The maximum Gasteiger partial charge on any atom is 0.315 e. The van der Waals surface area contributed by atoms with E-state index in [0.29, 0.717) is 26.3 Å². The van der Waals surface area contributed by atoms with Crippen molar-refractivity contribution >= 4 is 11.9 Å². The van der Waals surface area contributed by atoms with Crippen molar-refractivity contribution in [2.45, 2.75) is 13.3 Å². The van der Waals surface area contributed by atoms with Crippen molar-refractivity contribution in [1.29, 1.82) is 0 Å². The molecule has 0 unspecified atom stereocenters. The van der Waals surface area contributed by atoms with E-state index in [2.05, 4.69) is 0 Å². The van der Waals surface area contributed by atoms with Crippen LogP contribution in [0.5, 0.6) is 0 Å². The molecule has 0 aromatic carbocycles. The normalized spacial score (nSPS) is 10.1. The number of carbonyl (C=O) groups excluding carboxylic acids is 2. The Kier molecular flexibility index (Phi) is 9.37. The van der Waals surface area contributed by atoms with Crippen molar-refractivity contribution in [2.24, 2.45) is 0 Å². The Morgan fingerprint density at radius 3 is 2.00 bits per heavy atom. The smallest absolute Gasteiger partial charge is 0.315 e. The summed E-state index contributed by atoms with van der Waals surface area (Å²) in [7, 11) is 3.12. The predicted molar refractivity (Wildman–Crippen MR) is 61.6 cm³/mol. The van der Waals surface area contributed by atoms with E-state index in [-0.39, 0.29) is 18.9 Å². The lowest BCUT2D eigenvalue weighted by atomic mass is 10.3. The minimum atomic E-state index is -0.502. The third-order valence-electron chi connectivity index (χ3n) is 2.08.